The molecule has 34 heavy (non-hydrogen) atoms. The van der Waals surface area contributed by atoms with Crippen molar-refractivity contribution in [2.24, 2.45) is 11.8 Å². The van der Waals surface area contributed by atoms with E-state index in [-0.39, 0.29) is 14.7 Å². The molecule has 0 aliphatic carbocycles. The van der Waals surface area contributed by atoms with E-state index in [9.17, 15) is 61.2 Å². The second kappa shape index (κ2) is 9.62. The van der Waals surface area contributed by atoms with E-state index < -0.39 is 95.8 Å². The van der Waals surface area contributed by atoms with Gasteiger partial charge in [0.1, 0.15) is 0 Å². The van der Waals surface area contributed by atoms with Crippen molar-refractivity contribution in [3.05, 3.63) is 0 Å². The van der Waals surface area contributed by atoms with Gasteiger partial charge in [-0.2, -0.15) is 30.6 Å². The minimum atomic E-state index is -7.13. The van der Waals surface area contributed by atoms with Gasteiger partial charge in [-0.25, -0.2) is 25.3 Å². The average molecular weight is 569 g/mol. The zero-order valence-electron chi connectivity index (χ0n) is 17.9. The smallest absolute Gasteiger partial charge is 0.291 e. The molecular formula is C15H22F6N2O8S3. The quantitative estimate of drug-likeness (QED) is 0.285. The predicted octanol–water partition coefficient (Wildman–Crippen LogP) is 0.912. The fourth-order valence-corrected chi connectivity index (χ4v) is 6.91. The number of sulfonamides is 3. The summed E-state index contributed by atoms with van der Waals surface area (Å²) in [5, 5.41) is -13.6. The van der Waals surface area contributed by atoms with Crippen LogP contribution in [0.4, 0.5) is 26.3 Å². The van der Waals surface area contributed by atoms with Gasteiger partial charge >= 0.3 is 16.4 Å². The number of hydrogen-bond donors (Lipinski definition) is 1. The molecule has 0 aromatic heterocycles. The number of nitrogens with one attached hydrogen (secondary N) is 1. The van der Waals surface area contributed by atoms with Crippen LogP contribution in [-0.2, 0) is 39.7 Å². The van der Waals surface area contributed by atoms with Crippen molar-refractivity contribution in [2.75, 3.05) is 19.3 Å². The minimum Gasteiger partial charge on any atom is -0.291 e. The number of carbonyl (C=O) groups excluding carboxylic acids is 2. The molecule has 0 bridgehead atoms. The topological polar surface area (TPSA) is 152 Å². The summed E-state index contributed by atoms with van der Waals surface area (Å²) in [6.07, 6.45) is -0.881. The molecule has 0 saturated carbocycles. The molecule has 200 valence electrons. The van der Waals surface area contributed by atoms with Gasteiger partial charge in [0.2, 0.25) is 21.6 Å². The summed E-state index contributed by atoms with van der Waals surface area (Å²) in [7, 11) is -18.9. The van der Waals surface area contributed by atoms with Gasteiger partial charge in [0, 0.05) is 24.9 Å². The standard InChI is InChI=1S/C15H22F6N2O8S3/c1-4-9(2)11(24)12(25)10-5-7-23(8-6-10)34(30,31)15(20,21)13(16,17)14(18,19)33(28,29)22-32(3,26)27/h9-10,22H,4-8H2,1-3H3. The number of carbonyl (C=O) groups is 2. The normalized spacial score (nSPS) is 19.1. The number of hydrogen-bond acceptors (Lipinski definition) is 8. The molecule has 19 heteroatoms. The van der Waals surface area contributed by atoms with E-state index in [2.05, 4.69) is 0 Å². The van der Waals surface area contributed by atoms with Crippen molar-refractivity contribution in [1.82, 2.24) is 8.43 Å². The molecule has 0 amide bonds. The Balaban J connectivity index is 3.23. The third-order valence-corrected chi connectivity index (χ3v) is 10.1. The van der Waals surface area contributed by atoms with Crippen molar-refractivity contribution in [1.29, 1.82) is 0 Å². The Hall–Kier alpha value is -1.31. The molecule has 1 N–H and O–H groups in total. The first-order valence-corrected chi connectivity index (χ1v) is 14.2. The molecule has 1 atom stereocenters. The Labute approximate surface area is 192 Å². The number of ketones is 2. The third-order valence-electron chi connectivity index (χ3n) is 5.12. The monoisotopic (exact) mass is 568 g/mol. The van der Waals surface area contributed by atoms with Crippen LogP contribution >= 0.6 is 0 Å². The molecular weight excluding hydrogens is 546 g/mol. The van der Waals surface area contributed by atoms with Crippen LogP contribution in [0.2, 0.25) is 0 Å². The first-order chi connectivity index (χ1) is 15.0. The Morgan fingerprint density at radius 1 is 0.941 bits per heavy atom. The van der Waals surface area contributed by atoms with E-state index >= 15 is 0 Å². The van der Waals surface area contributed by atoms with Crippen LogP contribution in [0.25, 0.3) is 0 Å². The predicted molar refractivity (Wildman–Crippen MR) is 104 cm³/mol. The van der Waals surface area contributed by atoms with Gasteiger partial charge in [-0.1, -0.05) is 13.8 Å². The molecule has 0 aromatic carbocycles. The average Bonchev–Trinajstić information content (AvgIpc) is 2.69. The molecule has 0 aromatic rings. The number of alkyl halides is 6. The van der Waals surface area contributed by atoms with Gasteiger partial charge in [0.05, 0.1) is 6.26 Å². The van der Waals surface area contributed by atoms with Crippen LogP contribution in [0.15, 0.2) is 0 Å². The van der Waals surface area contributed by atoms with E-state index in [4.69, 9.17) is 0 Å². The number of halogens is 6. The highest BCUT2D eigenvalue weighted by Crippen LogP contribution is 2.51. The molecule has 0 radical (unpaired) electrons. The summed E-state index contributed by atoms with van der Waals surface area (Å²) in [4.78, 5) is 24.1. The Kier molecular flexibility index (Phi) is 8.70. The number of piperidine rings is 1. The Bertz CT molecular complexity index is 1130. The summed E-state index contributed by atoms with van der Waals surface area (Å²) >= 11 is 0. The van der Waals surface area contributed by atoms with Gasteiger partial charge in [-0.05, 0) is 19.3 Å². The highest BCUT2D eigenvalue weighted by molar-refractivity contribution is 8.05. The lowest BCUT2D eigenvalue weighted by Crippen LogP contribution is -2.65. The number of rotatable bonds is 11. The van der Waals surface area contributed by atoms with Gasteiger partial charge in [-0.15, -0.1) is 4.13 Å². The van der Waals surface area contributed by atoms with Crippen LogP contribution in [0.3, 0.4) is 0 Å². The van der Waals surface area contributed by atoms with Crippen molar-refractivity contribution in [2.45, 2.75) is 49.5 Å². The van der Waals surface area contributed by atoms with Crippen LogP contribution in [0.5, 0.6) is 0 Å². The lowest BCUT2D eigenvalue weighted by Gasteiger charge is -2.36. The van der Waals surface area contributed by atoms with Crippen molar-refractivity contribution in [3.63, 3.8) is 0 Å². The molecule has 0 spiro atoms. The molecule has 1 saturated heterocycles. The van der Waals surface area contributed by atoms with Gasteiger partial charge in [-0.3, -0.25) is 9.59 Å². The Morgan fingerprint density at radius 2 is 1.38 bits per heavy atom. The van der Waals surface area contributed by atoms with Gasteiger partial charge in [0.25, 0.3) is 20.0 Å². The number of Topliss-reactive ketones (excluding diaryl/α,β-unsaturated/α-hetero) is 2. The van der Waals surface area contributed by atoms with E-state index in [0.717, 1.165) is 0 Å². The number of nitrogens with zero attached hydrogens (tertiary/aromatic N) is 1. The fourth-order valence-electron chi connectivity index (χ4n) is 2.90. The van der Waals surface area contributed by atoms with Crippen LogP contribution in [0, 0.1) is 11.8 Å². The second-order valence-corrected chi connectivity index (χ2v) is 13.4. The second-order valence-electron chi connectivity index (χ2n) is 7.68. The summed E-state index contributed by atoms with van der Waals surface area (Å²) in [5.41, 5.74) is 0. The van der Waals surface area contributed by atoms with Crippen molar-refractivity contribution >= 4 is 41.6 Å². The zero-order chi connectivity index (χ0) is 27.1. The van der Waals surface area contributed by atoms with E-state index in [1.54, 1.807) is 6.92 Å². The molecule has 1 fully saturated rings. The maximum absolute atomic E-state index is 14.3. The highest BCUT2D eigenvalue weighted by Gasteiger charge is 2.82. The summed E-state index contributed by atoms with van der Waals surface area (Å²) in [5.74, 6) is -10.7. The van der Waals surface area contributed by atoms with Crippen LogP contribution in [-0.4, -0.2) is 76.9 Å². The maximum atomic E-state index is 14.3. The van der Waals surface area contributed by atoms with Crippen LogP contribution in [0.1, 0.15) is 33.1 Å². The first-order valence-electron chi connectivity index (χ1n) is 9.42. The highest BCUT2D eigenvalue weighted by atomic mass is 32.3. The SMILES string of the molecule is CCC(C)C(=O)C(=O)C1CCN(S(=O)(=O)C(F)(F)C(F)(F)C(F)(F)S(=O)(=O)NS(C)(=O)=O)CC1. The van der Waals surface area contributed by atoms with Crippen molar-refractivity contribution < 1.29 is 61.2 Å². The summed E-state index contributed by atoms with van der Waals surface area (Å²) < 4.78 is 153. The van der Waals surface area contributed by atoms with Gasteiger partial charge in [0.15, 0.2) is 0 Å². The van der Waals surface area contributed by atoms with Gasteiger partial charge < -0.3 is 0 Å². The zero-order valence-corrected chi connectivity index (χ0v) is 20.3. The van der Waals surface area contributed by atoms with Crippen molar-refractivity contribution in [3.8, 4) is 0 Å². The maximum Gasteiger partial charge on any atom is 0.429 e. The molecule has 1 unspecified atom stereocenters. The molecule has 10 nitrogen and oxygen atoms in total. The largest absolute Gasteiger partial charge is 0.429 e. The minimum absolute atomic E-state index is 0.0505. The molecule has 1 aliphatic rings. The molecule has 1 heterocycles. The van der Waals surface area contributed by atoms with E-state index in [1.807, 2.05) is 0 Å². The summed E-state index contributed by atoms with van der Waals surface area (Å²) in [6, 6.07) is 0. The van der Waals surface area contributed by atoms with E-state index in [1.165, 1.54) is 6.92 Å². The molecule has 1 rings (SSSR count). The third kappa shape index (κ3) is 5.41. The molecule has 1 aliphatic heterocycles. The Morgan fingerprint density at radius 3 is 1.76 bits per heavy atom. The summed E-state index contributed by atoms with van der Waals surface area (Å²) in [6.45, 7) is 0.986. The first kappa shape index (κ1) is 30.7. The lowest BCUT2D eigenvalue weighted by molar-refractivity contribution is -0.245. The fraction of sp³-hybridized carbons (Fsp3) is 0.867. The van der Waals surface area contributed by atoms with Crippen LogP contribution < -0.4 is 4.13 Å². The lowest BCUT2D eigenvalue weighted by atomic mass is 9.87. The van der Waals surface area contributed by atoms with E-state index in [0.29, 0.717) is 6.42 Å².